The van der Waals surface area contributed by atoms with Gasteiger partial charge in [-0.25, -0.2) is 4.68 Å². The predicted molar refractivity (Wildman–Crippen MR) is 65.3 cm³/mol. The van der Waals surface area contributed by atoms with Crippen molar-refractivity contribution < 1.29 is 0 Å². The Balaban J connectivity index is 2.77. The van der Waals surface area contributed by atoms with Crippen LogP contribution >= 0.6 is 0 Å². The van der Waals surface area contributed by atoms with E-state index in [4.69, 9.17) is 0 Å². The van der Waals surface area contributed by atoms with Gasteiger partial charge in [-0.2, -0.15) is 5.10 Å². The van der Waals surface area contributed by atoms with E-state index >= 15 is 0 Å². The molecule has 1 aromatic heterocycles. The molecule has 4 nitrogen and oxygen atoms in total. The molecule has 0 aliphatic heterocycles. The fraction of sp³-hybridized carbons (Fsp3) is 0.667. The monoisotopic (exact) mass is 223 g/mol. The van der Waals surface area contributed by atoms with Crippen molar-refractivity contribution >= 4 is 0 Å². The lowest BCUT2D eigenvalue weighted by Crippen LogP contribution is -2.28. The van der Waals surface area contributed by atoms with Crippen LogP contribution in [0.15, 0.2) is 16.9 Å². The molecule has 0 aliphatic carbocycles. The molecule has 1 heterocycles. The Bertz CT molecular complexity index is 382. The zero-order valence-corrected chi connectivity index (χ0v) is 10.5. The van der Waals surface area contributed by atoms with Gasteiger partial charge in [0.15, 0.2) is 0 Å². The summed E-state index contributed by atoms with van der Waals surface area (Å²) in [6.07, 6.45) is 0. The molecule has 0 radical (unpaired) electrons. The Hall–Kier alpha value is -1.16. The minimum atomic E-state index is -0.0259. The lowest BCUT2D eigenvalue weighted by Gasteiger charge is -2.11. The first-order valence-electron chi connectivity index (χ1n) is 5.79. The van der Waals surface area contributed by atoms with Gasteiger partial charge in [-0.1, -0.05) is 27.7 Å². The smallest absolute Gasteiger partial charge is 0.266 e. The van der Waals surface area contributed by atoms with E-state index < -0.39 is 0 Å². The van der Waals surface area contributed by atoms with E-state index in [-0.39, 0.29) is 5.56 Å². The Labute approximate surface area is 96.7 Å². The summed E-state index contributed by atoms with van der Waals surface area (Å²) in [5.74, 6) is 0.429. The highest BCUT2D eigenvalue weighted by molar-refractivity contribution is 5.00. The highest BCUT2D eigenvalue weighted by atomic mass is 16.1. The summed E-state index contributed by atoms with van der Waals surface area (Å²) < 4.78 is 1.54. The van der Waals surface area contributed by atoms with Crippen molar-refractivity contribution in [2.24, 2.45) is 5.92 Å². The maximum Gasteiger partial charge on any atom is 0.266 e. The van der Waals surface area contributed by atoms with Crippen molar-refractivity contribution in [3.05, 3.63) is 28.2 Å². The first kappa shape index (κ1) is 12.9. The SMILES string of the molecule is CC(C)Cn1nc(CNC(C)C)ccc1=O. The van der Waals surface area contributed by atoms with Crippen LogP contribution in [-0.4, -0.2) is 15.8 Å². The molecule has 0 saturated heterocycles. The lowest BCUT2D eigenvalue weighted by molar-refractivity contribution is 0.452. The van der Waals surface area contributed by atoms with Gasteiger partial charge < -0.3 is 5.32 Å². The third kappa shape index (κ3) is 4.14. The van der Waals surface area contributed by atoms with Gasteiger partial charge in [0.25, 0.3) is 5.56 Å². The van der Waals surface area contributed by atoms with Crippen molar-refractivity contribution in [2.75, 3.05) is 0 Å². The average Bonchev–Trinajstić information content (AvgIpc) is 2.18. The molecule has 0 saturated carbocycles. The summed E-state index contributed by atoms with van der Waals surface area (Å²) in [6, 6.07) is 3.80. The molecule has 0 spiro atoms. The summed E-state index contributed by atoms with van der Waals surface area (Å²) in [5.41, 5.74) is 0.885. The first-order chi connectivity index (χ1) is 7.49. The van der Waals surface area contributed by atoms with E-state index in [9.17, 15) is 4.79 Å². The number of nitrogens with one attached hydrogen (secondary N) is 1. The molecule has 90 valence electrons. The van der Waals surface area contributed by atoms with Crippen molar-refractivity contribution in [2.45, 2.75) is 46.8 Å². The normalized spacial score (nSPS) is 11.4. The van der Waals surface area contributed by atoms with Crippen LogP contribution in [0.4, 0.5) is 0 Å². The lowest BCUT2D eigenvalue weighted by atomic mass is 10.2. The Morgan fingerprint density at radius 3 is 2.56 bits per heavy atom. The highest BCUT2D eigenvalue weighted by Crippen LogP contribution is 1.96. The van der Waals surface area contributed by atoms with E-state index in [1.807, 2.05) is 0 Å². The molecule has 0 unspecified atom stereocenters. The summed E-state index contributed by atoms with van der Waals surface area (Å²) in [4.78, 5) is 11.5. The molecule has 0 fully saturated rings. The topological polar surface area (TPSA) is 46.9 Å². The van der Waals surface area contributed by atoms with E-state index in [0.717, 1.165) is 5.69 Å². The second-order valence-corrected chi connectivity index (χ2v) is 4.77. The van der Waals surface area contributed by atoms with Gasteiger partial charge in [-0.05, 0) is 12.0 Å². The van der Waals surface area contributed by atoms with Gasteiger partial charge in [-0.15, -0.1) is 0 Å². The van der Waals surface area contributed by atoms with Crippen LogP contribution in [0, 0.1) is 5.92 Å². The molecule has 16 heavy (non-hydrogen) atoms. The minimum Gasteiger partial charge on any atom is -0.309 e. The standard InChI is InChI=1S/C12H21N3O/c1-9(2)8-15-12(16)6-5-11(14-15)7-13-10(3)4/h5-6,9-10,13H,7-8H2,1-4H3. The molecule has 1 aromatic rings. The van der Waals surface area contributed by atoms with Gasteiger partial charge >= 0.3 is 0 Å². The van der Waals surface area contributed by atoms with Crippen molar-refractivity contribution in [1.29, 1.82) is 0 Å². The highest BCUT2D eigenvalue weighted by Gasteiger charge is 2.03. The van der Waals surface area contributed by atoms with Crippen LogP contribution in [0.2, 0.25) is 0 Å². The van der Waals surface area contributed by atoms with Crippen LogP contribution in [0.1, 0.15) is 33.4 Å². The largest absolute Gasteiger partial charge is 0.309 e. The second kappa shape index (κ2) is 5.80. The summed E-state index contributed by atoms with van der Waals surface area (Å²) in [6.45, 7) is 9.71. The average molecular weight is 223 g/mol. The molecule has 0 atom stereocenters. The molecular formula is C12H21N3O. The number of rotatable bonds is 5. The van der Waals surface area contributed by atoms with E-state index in [0.29, 0.717) is 25.0 Å². The molecule has 1 N–H and O–H groups in total. The van der Waals surface area contributed by atoms with Gasteiger partial charge in [-0.3, -0.25) is 4.79 Å². The first-order valence-corrected chi connectivity index (χ1v) is 5.79. The van der Waals surface area contributed by atoms with Crippen molar-refractivity contribution in [3.8, 4) is 0 Å². The molecule has 0 amide bonds. The Kier molecular flexibility index (Phi) is 4.68. The molecule has 0 bridgehead atoms. The van der Waals surface area contributed by atoms with E-state index in [1.54, 1.807) is 16.8 Å². The van der Waals surface area contributed by atoms with Crippen LogP contribution in [0.5, 0.6) is 0 Å². The fourth-order valence-corrected chi connectivity index (χ4v) is 1.37. The third-order valence-corrected chi connectivity index (χ3v) is 2.15. The zero-order chi connectivity index (χ0) is 12.1. The maximum absolute atomic E-state index is 11.5. The number of nitrogens with zero attached hydrogens (tertiary/aromatic N) is 2. The Morgan fingerprint density at radius 1 is 1.31 bits per heavy atom. The summed E-state index contributed by atoms with van der Waals surface area (Å²) in [7, 11) is 0. The zero-order valence-electron chi connectivity index (χ0n) is 10.5. The van der Waals surface area contributed by atoms with Crippen LogP contribution in [0.3, 0.4) is 0 Å². The minimum absolute atomic E-state index is 0.0259. The van der Waals surface area contributed by atoms with E-state index in [2.05, 4.69) is 38.1 Å². The summed E-state index contributed by atoms with van der Waals surface area (Å²) in [5, 5.41) is 7.61. The number of hydrogen-bond acceptors (Lipinski definition) is 3. The van der Waals surface area contributed by atoms with Crippen molar-refractivity contribution in [1.82, 2.24) is 15.1 Å². The molecule has 4 heteroatoms. The predicted octanol–water partition coefficient (Wildman–Crippen LogP) is 1.40. The van der Waals surface area contributed by atoms with E-state index in [1.165, 1.54) is 0 Å². The van der Waals surface area contributed by atoms with Crippen molar-refractivity contribution in [3.63, 3.8) is 0 Å². The molecule has 1 rings (SSSR count). The molecule has 0 aliphatic rings. The van der Waals surface area contributed by atoms with Gasteiger partial charge in [0.1, 0.15) is 0 Å². The van der Waals surface area contributed by atoms with Crippen LogP contribution in [0.25, 0.3) is 0 Å². The maximum atomic E-state index is 11.5. The quantitative estimate of drug-likeness (QED) is 0.820. The molecule has 0 aromatic carbocycles. The Morgan fingerprint density at radius 2 is 2.00 bits per heavy atom. The second-order valence-electron chi connectivity index (χ2n) is 4.77. The third-order valence-electron chi connectivity index (χ3n) is 2.15. The number of aromatic nitrogens is 2. The van der Waals surface area contributed by atoms with Crippen LogP contribution in [-0.2, 0) is 13.1 Å². The van der Waals surface area contributed by atoms with Crippen LogP contribution < -0.4 is 10.9 Å². The van der Waals surface area contributed by atoms with Gasteiger partial charge in [0, 0.05) is 25.2 Å². The van der Waals surface area contributed by atoms with Gasteiger partial charge in [0.2, 0.25) is 0 Å². The fourth-order valence-electron chi connectivity index (χ4n) is 1.37. The summed E-state index contributed by atoms with van der Waals surface area (Å²) >= 11 is 0. The molecular weight excluding hydrogens is 202 g/mol. The number of hydrogen-bond donors (Lipinski definition) is 1. The van der Waals surface area contributed by atoms with Gasteiger partial charge in [0.05, 0.1) is 5.69 Å².